The number of aryl methyl sites for hydroxylation is 2. The minimum Gasteiger partial charge on any atom is -0.398 e. The Balaban J connectivity index is 1.71. The number of nitrogen functional groups attached to an aromatic ring is 2. The van der Waals surface area contributed by atoms with Crippen molar-refractivity contribution in [3.05, 3.63) is 47.0 Å². The molecule has 0 saturated heterocycles. The maximum atomic E-state index is 6.41. The summed E-state index contributed by atoms with van der Waals surface area (Å²) in [7, 11) is 0. The fraction of sp³-hybridized carbons (Fsp3) is 0.500. The van der Waals surface area contributed by atoms with E-state index in [1.165, 1.54) is 48.8 Å². The van der Waals surface area contributed by atoms with Gasteiger partial charge < -0.3 is 11.5 Å². The second-order valence-corrected chi connectivity index (χ2v) is 8.30. The number of anilines is 2. The van der Waals surface area contributed by atoms with Gasteiger partial charge in [0.25, 0.3) is 0 Å². The van der Waals surface area contributed by atoms with Crippen molar-refractivity contribution in [2.24, 2.45) is 11.8 Å². The first-order valence-corrected chi connectivity index (χ1v) is 10.3. The van der Waals surface area contributed by atoms with E-state index in [4.69, 9.17) is 11.5 Å². The molecule has 0 unspecified atom stereocenters. The Hall–Kier alpha value is -1.96. The third-order valence-electron chi connectivity index (χ3n) is 6.26. The molecular weight excluding hydrogens is 316 g/mol. The highest BCUT2D eigenvalue weighted by Crippen LogP contribution is 2.34. The topological polar surface area (TPSA) is 52.0 Å². The molecule has 4 N–H and O–H groups in total. The summed E-state index contributed by atoms with van der Waals surface area (Å²) in [5, 5.41) is 0. The number of hydrogen-bond donors (Lipinski definition) is 2. The molecule has 2 aromatic carbocycles. The van der Waals surface area contributed by atoms with Crippen molar-refractivity contribution < 1.29 is 0 Å². The maximum absolute atomic E-state index is 6.41. The van der Waals surface area contributed by atoms with Gasteiger partial charge in [0.15, 0.2) is 0 Å². The zero-order valence-corrected chi connectivity index (χ0v) is 16.6. The van der Waals surface area contributed by atoms with E-state index in [0.29, 0.717) is 0 Å². The lowest BCUT2D eigenvalue weighted by atomic mass is 9.80. The SMILES string of the molecule is CCc1c(C)cc(-c2ccc(CCC3CCC(C)CC3)cc2N)cc1N. The lowest BCUT2D eigenvalue weighted by molar-refractivity contribution is 0.278. The van der Waals surface area contributed by atoms with Gasteiger partial charge in [-0.1, -0.05) is 57.7 Å². The van der Waals surface area contributed by atoms with Gasteiger partial charge in [-0.25, -0.2) is 0 Å². The van der Waals surface area contributed by atoms with Crippen molar-refractivity contribution in [2.45, 2.75) is 65.7 Å². The van der Waals surface area contributed by atoms with Gasteiger partial charge >= 0.3 is 0 Å². The van der Waals surface area contributed by atoms with Crippen LogP contribution in [0, 0.1) is 18.8 Å². The Labute approximate surface area is 159 Å². The maximum Gasteiger partial charge on any atom is 0.0396 e. The van der Waals surface area contributed by atoms with Crippen LogP contribution in [0.5, 0.6) is 0 Å². The van der Waals surface area contributed by atoms with Gasteiger partial charge in [-0.3, -0.25) is 0 Å². The zero-order valence-electron chi connectivity index (χ0n) is 16.6. The molecule has 0 aliphatic heterocycles. The van der Waals surface area contributed by atoms with Crippen molar-refractivity contribution in [1.29, 1.82) is 0 Å². The van der Waals surface area contributed by atoms with Crippen LogP contribution >= 0.6 is 0 Å². The largest absolute Gasteiger partial charge is 0.398 e. The van der Waals surface area contributed by atoms with Crippen LogP contribution in [0.25, 0.3) is 11.1 Å². The first-order chi connectivity index (χ1) is 12.5. The summed E-state index contributed by atoms with van der Waals surface area (Å²) in [5.41, 5.74) is 20.5. The van der Waals surface area contributed by atoms with E-state index < -0.39 is 0 Å². The second kappa shape index (κ2) is 8.16. The quantitative estimate of drug-likeness (QED) is 0.636. The Kier molecular flexibility index (Phi) is 5.90. The third kappa shape index (κ3) is 4.23. The fourth-order valence-corrected chi connectivity index (χ4v) is 4.50. The van der Waals surface area contributed by atoms with Crippen LogP contribution in [-0.4, -0.2) is 0 Å². The highest BCUT2D eigenvalue weighted by molar-refractivity contribution is 5.80. The highest BCUT2D eigenvalue weighted by atomic mass is 14.6. The third-order valence-corrected chi connectivity index (χ3v) is 6.26. The molecule has 0 bridgehead atoms. The molecule has 2 heteroatoms. The molecule has 0 aromatic heterocycles. The summed E-state index contributed by atoms with van der Waals surface area (Å²) >= 11 is 0. The summed E-state index contributed by atoms with van der Waals surface area (Å²) in [6.07, 6.45) is 9.00. The van der Waals surface area contributed by atoms with Gasteiger partial charge in [0.2, 0.25) is 0 Å². The molecule has 0 heterocycles. The van der Waals surface area contributed by atoms with E-state index in [0.717, 1.165) is 47.2 Å². The van der Waals surface area contributed by atoms with Crippen molar-refractivity contribution in [2.75, 3.05) is 11.5 Å². The number of rotatable bonds is 5. The number of benzene rings is 2. The van der Waals surface area contributed by atoms with Crippen molar-refractivity contribution in [3.63, 3.8) is 0 Å². The summed E-state index contributed by atoms with van der Waals surface area (Å²) in [6, 6.07) is 10.9. The molecule has 0 spiro atoms. The van der Waals surface area contributed by atoms with Gasteiger partial charge in [-0.05, 0) is 72.4 Å². The average molecular weight is 351 g/mol. The van der Waals surface area contributed by atoms with Crippen molar-refractivity contribution in [1.82, 2.24) is 0 Å². The van der Waals surface area contributed by atoms with Crippen LogP contribution < -0.4 is 11.5 Å². The van der Waals surface area contributed by atoms with E-state index in [1.807, 2.05) is 0 Å². The van der Waals surface area contributed by atoms with Gasteiger partial charge in [0.05, 0.1) is 0 Å². The molecule has 2 aromatic rings. The summed E-state index contributed by atoms with van der Waals surface area (Å²) in [5.74, 6) is 1.83. The molecule has 3 rings (SSSR count). The first-order valence-electron chi connectivity index (χ1n) is 10.3. The van der Waals surface area contributed by atoms with Crippen molar-refractivity contribution >= 4 is 11.4 Å². The van der Waals surface area contributed by atoms with Gasteiger partial charge in [0, 0.05) is 16.9 Å². The van der Waals surface area contributed by atoms with Gasteiger partial charge in [-0.15, -0.1) is 0 Å². The summed E-state index contributed by atoms with van der Waals surface area (Å²) < 4.78 is 0. The van der Waals surface area contributed by atoms with E-state index >= 15 is 0 Å². The van der Waals surface area contributed by atoms with Crippen LogP contribution in [0.3, 0.4) is 0 Å². The van der Waals surface area contributed by atoms with Gasteiger partial charge in [0.1, 0.15) is 0 Å². The lowest BCUT2D eigenvalue weighted by Crippen LogP contribution is -2.13. The molecule has 1 saturated carbocycles. The van der Waals surface area contributed by atoms with Gasteiger partial charge in [-0.2, -0.15) is 0 Å². The fourth-order valence-electron chi connectivity index (χ4n) is 4.50. The molecule has 1 aliphatic carbocycles. The van der Waals surface area contributed by atoms with Crippen LogP contribution in [0.1, 0.15) is 62.6 Å². The Morgan fingerprint density at radius 1 is 0.962 bits per heavy atom. The summed E-state index contributed by atoms with van der Waals surface area (Å²) in [4.78, 5) is 0. The number of nitrogens with two attached hydrogens (primary N) is 2. The molecule has 0 amide bonds. The molecule has 1 aliphatic rings. The Morgan fingerprint density at radius 2 is 1.69 bits per heavy atom. The molecule has 1 fully saturated rings. The smallest absolute Gasteiger partial charge is 0.0396 e. The van der Waals surface area contributed by atoms with Crippen LogP contribution in [0.4, 0.5) is 11.4 Å². The average Bonchev–Trinajstić information content (AvgIpc) is 2.61. The molecule has 26 heavy (non-hydrogen) atoms. The minimum atomic E-state index is 0.864. The van der Waals surface area contributed by atoms with Crippen LogP contribution in [0.2, 0.25) is 0 Å². The Bertz CT molecular complexity index is 732. The zero-order chi connectivity index (χ0) is 18.7. The Morgan fingerprint density at radius 3 is 2.31 bits per heavy atom. The van der Waals surface area contributed by atoms with E-state index in [1.54, 1.807) is 0 Å². The normalized spacial score (nSPS) is 20.3. The predicted octanol–water partition coefficient (Wildman–Crippen LogP) is 6.15. The van der Waals surface area contributed by atoms with Crippen LogP contribution in [0.15, 0.2) is 30.3 Å². The lowest BCUT2D eigenvalue weighted by Gasteiger charge is -2.26. The van der Waals surface area contributed by atoms with Crippen LogP contribution in [-0.2, 0) is 12.8 Å². The standard InChI is InChI=1S/C24H34N2/c1-4-21-17(3)13-20(15-24(21)26)22-12-11-19(14-23(22)25)10-9-18-7-5-16(2)6-8-18/h11-16,18H,4-10,25-26H2,1-3H3. The first kappa shape index (κ1) is 18.8. The molecule has 0 atom stereocenters. The molecular formula is C24H34N2. The second-order valence-electron chi connectivity index (χ2n) is 8.30. The molecule has 2 nitrogen and oxygen atoms in total. The van der Waals surface area contributed by atoms with E-state index in [2.05, 4.69) is 51.1 Å². The summed E-state index contributed by atoms with van der Waals surface area (Å²) in [6.45, 7) is 6.67. The highest BCUT2D eigenvalue weighted by Gasteiger charge is 2.18. The number of hydrogen-bond acceptors (Lipinski definition) is 2. The monoisotopic (exact) mass is 350 g/mol. The van der Waals surface area contributed by atoms with E-state index in [9.17, 15) is 0 Å². The molecule has 140 valence electrons. The minimum absolute atomic E-state index is 0.864. The predicted molar refractivity (Wildman–Crippen MR) is 114 cm³/mol. The molecule has 0 radical (unpaired) electrons. The van der Waals surface area contributed by atoms with Crippen molar-refractivity contribution in [3.8, 4) is 11.1 Å². The van der Waals surface area contributed by atoms with E-state index in [-0.39, 0.29) is 0 Å².